The van der Waals surface area contributed by atoms with E-state index >= 15 is 0 Å². The molecule has 0 radical (unpaired) electrons. The van der Waals surface area contributed by atoms with Crippen molar-refractivity contribution in [3.05, 3.63) is 0 Å². The standard InChI is InChI=1S/C11H20N2O2/c1-11(12,8-4-5-8)10(15)13-6-2-3-9(13)7-14/h8-9,14H,2-7,12H2,1H3/t9-,11?/m1/s1. The van der Waals surface area contributed by atoms with Crippen LogP contribution in [0.3, 0.4) is 0 Å². The van der Waals surface area contributed by atoms with Crippen LogP contribution in [0.25, 0.3) is 0 Å². The SMILES string of the molecule is CC(N)(C(=O)N1CCC[C@@H]1CO)C1CC1. The number of nitrogens with zero attached hydrogens (tertiary/aromatic N) is 1. The zero-order valence-corrected chi connectivity index (χ0v) is 9.28. The van der Waals surface area contributed by atoms with Crippen LogP contribution in [0.1, 0.15) is 32.6 Å². The van der Waals surface area contributed by atoms with Crippen molar-refractivity contribution in [2.75, 3.05) is 13.2 Å². The molecule has 2 atom stereocenters. The summed E-state index contributed by atoms with van der Waals surface area (Å²) in [5, 5.41) is 9.17. The molecular formula is C11H20N2O2. The van der Waals surface area contributed by atoms with Crippen LogP contribution in [0.5, 0.6) is 0 Å². The van der Waals surface area contributed by atoms with E-state index in [1.807, 2.05) is 6.92 Å². The second kappa shape index (κ2) is 3.76. The van der Waals surface area contributed by atoms with E-state index in [1.54, 1.807) is 4.90 Å². The van der Waals surface area contributed by atoms with Crippen LogP contribution in [0.2, 0.25) is 0 Å². The van der Waals surface area contributed by atoms with Gasteiger partial charge in [0.05, 0.1) is 18.2 Å². The Balaban J connectivity index is 2.06. The molecule has 1 saturated carbocycles. The molecule has 1 saturated heterocycles. The number of rotatable bonds is 3. The summed E-state index contributed by atoms with van der Waals surface area (Å²) in [6.07, 6.45) is 4.02. The maximum absolute atomic E-state index is 12.2. The minimum absolute atomic E-state index is 0.000810. The van der Waals surface area contributed by atoms with Crippen LogP contribution < -0.4 is 5.73 Å². The quantitative estimate of drug-likeness (QED) is 0.697. The third-order valence-electron chi connectivity index (χ3n) is 3.73. The van der Waals surface area contributed by atoms with Crippen molar-refractivity contribution in [3.8, 4) is 0 Å². The highest BCUT2D eigenvalue weighted by molar-refractivity contribution is 5.87. The number of amides is 1. The fourth-order valence-electron chi connectivity index (χ4n) is 2.46. The Morgan fingerprint density at radius 3 is 2.73 bits per heavy atom. The van der Waals surface area contributed by atoms with Gasteiger partial charge in [0.2, 0.25) is 5.91 Å². The van der Waals surface area contributed by atoms with Crippen LogP contribution in [0, 0.1) is 5.92 Å². The average molecular weight is 212 g/mol. The average Bonchev–Trinajstić information content (AvgIpc) is 2.96. The van der Waals surface area contributed by atoms with Gasteiger partial charge in [-0.1, -0.05) is 0 Å². The number of carbonyl (C=O) groups excluding carboxylic acids is 1. The summed E-state index contributed by atoms with van der Waals surface area (Å²) >= 11 is 0. The smallest absolute Gasteiger partial charge is 0.242 e. The van der Waals surface area contributed by atoms with E-state index in [-0.39, 0.29) is 18.6 Å². The van der Waals surface area contributed by atoms with Gasteiger partial charge in [0, 0.05) is 6.54 Å². The van der Waals surface area contributed by atoms with Gasteiger partial charge in [-0.05, 0) is 38.5 Å². The Hall–Kier alpha value is -0.610. The Labute approximate surface area is 90.4 Å². The molecule has 2 fully saturated rings. The predicted molar refractivity (Wildman–Crippen MR) is 57.1 cm³/mol. The monoisotopic (exact) mass is 212 g/mol. The topological polar surface area (TPSA) is 66.6 Å². The molecule has 0 aromatic carbocycles. The van der Waals surface area contributed by atoms with Crippen molar-refractivity contribution in [3.63, 3.8) is 0 Å². The van der Waals surface area contributed by atoms with Gasteiger partial charge < -0.3 is 15.7 Å². The summed E-state index contributed by atoms with van der Waals surface area (Å²) in [5.74, 6) is 0.381. The largest absolute Gasteiger partial charge is 0.394 e. The van der Waals surface area contributed by atoms with Crippen LogP contribution in [-0.2, 0) is 4.79 Å². The van der Waals surface area contributed by atoms with Crippen LogP contribution >= 0.6 is 0 Å². The van der Waals surface area contributed by atoms with Gasteiger partial charge >= 0.3 is 0 Å². The zero-order valence-electron chi connectivity index (χ0n) is 9.28. The molecule has 2 rings (SSSR count). The summed E-state index contributed by atoms with van der Waals surface area (Å²) in [6, 6.07) is -0.000810. The summed E-state index contributed by atoms with van der Waals surface area (Å²) in [5.41, 5.74) is 5.38. The second-order valence-corrected chi connectivity index (χ2v) is 5.03. The number of hydrogen-bond acceptors (Lipinski definition) is 3. The molecule has 4 heteroatoms. The van der Waals surface area contributed by atoms with E-state index in [2.05, 4.69) is 0 Å². The van der Waals surface area contributed by atoms with Gasteiger partial charge in [0.15, 0.2) is 0 Å². The Bertz CT molecular complexity index is 261. The van der Waals surface area contributed by atoms with Crippen molar-refractivity contribution in [2.45, 2.75) is 44.2 Å². The van der Waals surface area contributed by atoms with Gasteiger partial charge in [-0.3, -0.25) is 4.79 Å². The van der Waals surface area contributed by atoms with Crippen molar-refractivity contribution in [1.29, 1.82) is 0 Å². The van der Waals surface area contributed by atoms with Crippen LogP contribution in [0.15, 0.2) is 0 Å². The summed E-state index contributed by atoms with van der Waals surface area (Å²) in [6.45, 7) is 2.65. The first-order valence-electron chi connectivity index (χ1n) is 5.78. The zero-order chi connectivity index (χ0) is 11.1. The van der Waals surface area contributed by atoms with Crippen molar-refractivity contribution in [1.82, 2.24) is 4.90 Å². The molecule has 1 unspecified atom stereocenters. The van der Waals surface area contributed by atoms with Gasteiger partial charge in [-0.25, -0.2) is 0 Å². The maximum Gasteiger partial charge on any atom is 0.242 e. The molecule has 1 heterocycles. The molecule has 2 aliphatic rings. The molecule has 1 amide bonds. The van der Waals surface area contributed by atoms with Gasteiger partial charge in [0.25, 0.3) is 0 Å². The van der Waals surface area contributed by atoms with E-state index < -0.39 is 5.54 Å². The fourth-order valence-corrected chi connectivity index (χ4v) is 2.46. The van der Waals surface area contributed by atoms with E-state index in [1.165, 1.54) is 0 Å². The number of aliphatic hydroxyl groups excluding tert-OH is 1. The normalized spacial score (nSPS) is 30.3. The van der Waals surface area contributed by atoms with Crippen LogP contribution in [0.4, 0.5) is 0 Å². The van der Waals surface area contributed by atoms with Crippen molar-refractivity contribution >= 4 is 5.91 Å². The summed E-state index contributed by atoms with van der Waals surface area (Å²) in [4.78, 5) is 14.0. The highest BCUT2D eigenvalue weighted by atomic mass is 16.3. The van der Waals surface area contributed by atoms with E-state index in [4.69, 9.17) is 5.73 Å². The lowest BCUT2D eigenvalue weighted by Gasteiger charge is -2.32. The first-order chi connectivity index (χ1) is 7.07. The molecule has 0 spiro atoms. The molecule has 0 bridgehead atoms. The van der Waals surface area contributed by atoms with Crippen molar-refractivity contribution in [2.24, 2.45) is 11.7 Å². The molecular weight excluding hydrogens is 192 g/mol. The Kier molecular flexibility index (Phi) is 2.73. The Morgan fingerprint density at radius 2 is 2.20 bits per heavy atom. The minimum Gasteiger partial charge on any atom is -0.394 e. The number of aliphatic hydroxyl groups is 1. The molecule has 86 valence electrons. The minimum atomic E-state index is -0.711. The molecule has 1 aliphatic heterocycles. The van der Waals surface area contributed by atoms with Crippen molar-refractivity contribution < 1.29 is 9.90 Å². The third kappa shape index (κ3) is 1.88. The number of likely N-dealkylation sites (tertiary alicyclic amines) is 1. The Morgan fingerprint density at radius 1 is 1.53 bits per heavy atom. The first-order valence-corrected chi connectivity index (χ1v) is 5.78. The number of hydrogen-bond donors (Lipinski definition) is 2. The molecule has 0 aromatic heterocycles. The lowest BCUT2D eigenvalue weighted by molar-refractivity contribution is -0.138. The van der Waals surface area contributed by atoms with Gasteiger partial charge in [0.1, 0.15) is 0 Å². The van der Waals surface area contributed by atoms with E-state index in [0.29, 0.717) is 5.92 Å². The highest BCUT2D eigenvalue weighted by Crippen LogP contribution is 2.39. The van der Waals surface area contributed by atoms with Crippen LogP contribution in [-0.4, -0.2) is 40.6 Å². The van der Waals surface area contributed by atoms with E-state index in [0.717, 1.165) is 32.2 Å². The predicted octanol–water partition coefficient (Wildman–Crippen LogP) is 0.0971. The summed E-state index contributed by atoms with van der Waals surface area (Å²) < 4.78 is 0. The fraction of sp³-hybridized carbons (Fsp3) is 0.909. The maximum atomic E-state index is 12.2. The highest BCUT2D eigenvalue weighted by Gasteiger charge is 2.47. The molecule has 15 heavy (non-hydrogen) atoms. The number of nitrogens with two attached hydrogens (primary N) is 1. The van der Waals surface area contributed by atoms with Gasteiger partial charge in [-0.15, -0.1) is 0 Å². The van der Waals surface area contributed by atoms with Gasteiger partial charge in [-0.2, -0.15) is 0 Å². The molecule has 0 aromatic rings. The molecule has 4 nitrogen and oxygen atoms in total. The number of carbonyl (C=O) groups is 1. The molecule has 3 N–H and O–H groups in total. The van der Waals surface area contributed by atoms with E-state index in [9.17, 15) is 9.90 Å². The first kappa shape index (κ1) is 10.9. The third-order valence-corrected chi connectivity index (χ3v) is 3.73. The second-order valence-electron chi connectivity index (χ2n) is 5.03. The lowest BCUT2D eigenvalue weighted by atomic mass is 9.95. The summed E-state index contributed by atoms with van der Waals surface area (Å²) in [7, 11) is 0. The lowest BCUT2D eigenvalue weighted by Crippen LogP contribution is -2.56. The molecule has 1 aliphatic carbocycles.